The predicted molar refractivity (Wildman–Crippen MR) is 50.0 cm³/mol. The molecule has 0 fully saturated rings. The van der Waals surface area contributed by atoms with Gasteiger partial charge in [0.05, 0.1) is 5.82 Å². The van der Waals surface area contributed by atoms with Crippen LogP contribution in [0.1, 0.15) is 27.7 Å². The summed E-state index contributed by atoms with van der Waals surface area (Å²) in [4.78, 5) is 0. The van der Waals surface area contributed by atoms with Crippen LogP contribution in [-0.2, 0) is 0 Å². The molecular weight excluding hydrogens is 124 g/mol. The Hall–Kier alpha value is -0.660. The fraction of sp³-hybridized carbons (Fsp3) is 0.750. The lowest BCUT2D eigenvalue weighted by molar-refractivity contribution is 0.844. The highest BCUT2D eigenvalue weighted by Crippen LogP contribution is 1.62. The summed E-state index contributed by atoms with van der Waals surface area (Å²) >= 11 is 0. The summed E-state index contributed by atoms with van der Waals surface area (Å²) in [5.74, 6) is 0.843. The monoisotopic (exact) mass is 146 g/mol. The molecule has 0 amide bonds. The quantitative estimate of drug-likeness (QED) is 0.622. The van der Waals surface area contributed by atoms with Crippen LogP contribution >= 0.6 is 0 Å². The molecule has 0 spiro atoms. The smallest absolute Gasteiger partial charge is 0.0907 e. The van der Waals surface area contributed by atoms with Crippen molar-refractivity contribution in [3.63, 3.8) is 0 Å². The van der Waals surface area contributed by atoms with Crippen LogP contribution in [0.2, 0.25) is 0 Å². The molecule has 2 nitrogen and oxygen atoms in total. The first-order valence-electron chi connectivity index (χ1n) is 3.85. The van der Waals surface area contributed by atoms with E-state index in [4.69, 9.17) is 0 Å². The van der Waals surface area contributed by atoms with Gasteiger partial charge in [0.1, 0.15) is 0 Å². The second-order valence-corrected chi connectivity index (χ2v) is 0.979. The van der Waals surface area contributed by atoms with Crippen LogP contribution in [-0.4, -0.2) is 14.1 Å². The minimum absolute atomic E-state index is 0.843. The molecule has 0 bridgehead atoms. The van der Waals surface area contributed by atoms with Crippen molar-refractivity contribution in [1.29, 1.82) is 0 Å². The van der Waals surface area contributed by atoms with Gasteiger partial charge in [0.2, 0.25) is 0 Å². The lowest BCUT2D eigenvalue weighted by Gasteiger charge is -1.98. The summed E-state index contributed by atoms with van der Waals surface area (Å²) in [6, 6.07) is 0. The third-order valence-corrected chi connectivity index (χ3v) is 0.604. The fourth-order valence-electron chi connectivity index (χ4n) is 0.125. The molecule has 0 aliphatic heterocycles. The highest BCUT2D eigenvalue weighted by Gasteiger charge is 1.71. The molecule has 0 saturated carbocycles. The van der Waals surface area contributed by atoms with E-state index in [1.165, 1.54) is 0 Å². The molecule has 0 aromatic carbocycles. The summed E-state index contributed by atoms with van der Waals surface area (Å²) in [5, 5.41) is 5.62. The van der Waals surface area contributed by atoms with Crippen LogP contribution in [0.4, 0.5) is 0 Å². The van der Waals surface area contributed by atoms with Crippen LogP contribution in [0.3, 0.4) is 0 Å². The van der Waals surface area contributed by atoms with Crippen LogP contribution in [0.5, 0.6) is 0 Å². The summed E-state index contributed by atoms with van der Waals surface area (Å²) < 4.78 is 0. The summed E-state index contributed by atoms with van der Waals surface area (Å²) in [6.45, 7) is 11.6. The maximum Gasteiger partial charge on any atom is 0.0907 e. The SMILES string of the molecule is C=C(NC)NC.CC.CC. The first-order valence-corrected chi connectivity index (χ1v) is 3.85. The second-order valence-electron chi connectivity index (χ2n) is 0.979. The lowest BCUT2D eigenvalue weighted by atomic mass is 10.8. The Morgan fingerprint density at radius 2 is 1.10 bits per heavy atom. The lowest BCUT2D eigenvalue weighted by Crippen LogP contribution is -2.17. The zero-order valence-electron chi connectivity index (χ0n) is 8.21. The number of rotatable bonds is 2. The molecule has 0 aliphatic carbocycles. The van der Waals surface area contributed by atoms with Gasteiger partial charge in [0.25, 0.3) is 0 Å². The van der Waals surface area contributed by atoms with E-state index in [2.05, 4.69) is 17.2 Å². The van der Waals surface area contributed by atoms with E-state index in [1.807, 2.05) is 41.8 Å². The van der Waals surface area contributed by atoms with Gasteiger partial charge in [-0.25, -0.2) is 0 Å². The molecule has 10 heavy (non-hydrogen) atoms. The van der Waals surface area contributed by atoms with Crippen molar-refractivity contribution >= 4 is 0 Å². The van der Waals surface area contributed by atoms with E-state index in [0.717, 1.165) is 5.82 Å². The maximum atomic E-state index is 3.57. The molecule has 0 atom stereocenters. The Morgan fingerprint density at radius 1 is 0.900 bits per heavy atom. The molecular formula is C8H22N2. The maximum absolute atomic E-state index is 3.57. The van der Waals surface area contributed by atoms with Crippen LogP contribution in [0.25, 0.3) is 0 Å². The molecule has 0 aromatic heterocycles. The van der Waals surface area contributed by atoms with Crippen molar-refractivity contribution in [2.24, 2.45) is 0 Å². The van der Waals surface area contributed by atoms with E-state index >= 15 is 0 Å². The van der Waals surface area contributed by atoms with Crippen molar-refractivity contribution in [2.75, 3.05) is 14.1 Å². The average Bonchev–Trinajstić information content (AvgIpc) is 2.10. The summed E-state index contributed by atoms with van der Waals surface area (Å²) in [6.07, 6.45) is 0. The van der Waals surface area contributed by atoms with Gasteiger partial charge in [-0.05, 0) is 0 Å². The molecule has 2 N–H and O–H groups in total. The third-order valence-electron chi connectivity index (χ3n) is 0.604. The fourth-order valence-corrected chi connectivity index (χ4v) is 0.125. The Morgan fingerprint density at radius 3 is 1.10 bits per heavy atom. The minimum Gasteiger partial charge on any atom is -0.375 e. The first kappa shape index (κ1) is 16.2. The van der Waals surface area contributed by atoms with E-state index in [0.29, 0.717) is 0 Å². The van der Waals surface area contributed by atoms with Crippen LogP contribution < -0.4 is 10.6 Å². The van der Waals surface area contributed by atoms with Crippen molar-refractivity contribution in [3.8, 4) is 0 Å². The van der Waals surface area contributed by atoms with Gasteiger partial charge in [0.15, 0.2) is 0 Å². The molecule has 0 radical (unpaired) electrons. The van der Waals surface area contributed by atoms with E-state index in [9.17, 15) is 0 Å². The minimum atomic E-state index is 0.843. The molecule has 0 rings (SSSR count). The summed E-state index contributed by atoms with van der Waals surface area (Å²) in [7, 11) is 3.64. The van der Waals surface area contributed by atoms with E-state index in [-0.39, 0.29) is 0 Å². The largest absolute Gasteiger partial charge is 0.375 e. The van der Waals surface area contributed by atoms with Gasteiger partial charge in [-0.1, -0.05) is 34.3 Å². The van der Waals surface area contributed by atoms with Gasteiger partial charge in [-0.2, -0.15) is 0 Å². The number of hydrogen-bond acceptors (Lipinski definition) is 2. The van der Waals surface area contributed by atoms with Gasteiger partial charge in [-0.3, -0.25) is 0 Å². The van der Waals surface area contributed by atoms with E-state index < -0.39 is 0 Å². The first-order chi connectivity index (χ1) is 4.81. The van der Waals surface area contributed by atoms with Crippen molar-refractivity contribution in [3.05, 3.63) is 12.4 Å². The van der Waals surface area contributed by atoms with E-state index in [1.54, 1.807) is 0 Å². The van der Waals surface area contributed by atoms with Gasteiger partial charge < -0.3 is 10.6 Å². The van der Waals surface area contributed by atoms with Crippen molar-refractivity contribution in [2.45, 2.75) is 27.7 Å². The Bertz CT molecular complexity index is 45.2. The zero-order valence-corrected chi connectivity index (χ0v) is 8.21. The molecule has 0 saturated heterocycles. The van der Waals surface area contributed by atoms with Crippen molar-refractivity contribution in [1.82, 2.24) is 10.6 Å². The average molecular weight is 146 g/mol. The molecule has 0 aliphatic rings. The Labute approximate surface area is 65.7 Å². The molecule has 64 valence electrons. The molecule has 0 heterocycles. The van der Waals surface area contributed by atoms with Crippen LogP contribution in [0, 0.1) is 0 Å². The predicted octanol–water partition coefficient (Wildman–Crippen LogP) is 1.95. The number of hydrogen-bond donors (Lipinski definition) is 2. The zero-order chi connectivity index (χ0) is 8.99. The summed E-state index contributed by atoms with van der Waals surface area (Å²) in [5.41, 5.74) is 0. The topological polar surface area (TPSA) is 24.1 Å². The number of nitrogens with one attached hydrogen (secondary N) is 2. The second kappa shape index (κ2) is 23.9. The molecule has 0 aromatic rings. The normalized spacial score (nSPS) is 5.40. The van der Waals surface area contributed by atoms with Gasteiger partial charge >= 0.3 is 0 Å². The highest BCUT2D eigenvalue weighted by atomic mass is 15.0. The van der Waals surface area contributed by atoms with Crippen LogP contribution in [0.15, 0.2) is 12.4 Å². The van der Waals surface area contributed by atoms with Crippen molar-refractivity contribution < 1.29 is 0 Å². The molecule has 2 heteroatoms. The van der Waals surface area contributed by atoms with Gasteiger partial charge in [0, 0.05) is 14.1 Å². The third kappa shape index (κ3) is 26.4. The van der Waals surface area contributed by atoms with Gasteiger partial charge in [-0.15, -0.1) is 0 Å². The standard InChI is InChI=1S/C4H10N2.2C2H6/c1-4(5-2)6-3;2*1-2/h5-6H,1H2,2-3H3;2*1-2H3. The molecule has 0 unspecified atom stereocenters. The Kier molecular flexibility index (Phi) is 38.6. The highest BCUT2D eigenvalue weighted by molar-refractivity contribution is 4.82. The Balaban J connectivity index is -0.000000105.